The van der Waals surface area contributed by atoms with Crippen molar-refractivity contribution in [3.8, 4) is 0 Å². The van der Waals surface area contributed by atoms with Crippen molar-refractivity contribution in [3.05, 3.63) is 0 Å². The molecule has 18 heavy (non-hydrogen) atoms. The summed E-state index contributed by atoms with van der Waals surface area (Å²) in [5.41, 5.74) is 0. The maximum Gasteiger partial charge on any atom is 0.225 e. The Labute approximate surface area is 110 Å². The largest absolute Gasteiger partial charge is 0.391 e. The van der Waals surface area contributed by atoms with Crippen LogP contribution in [0.25, 0.3) is 0 Å². The molecule has 1 N–H and O–H groups in total. The van der Waals surface area contributed by atoms with E-state index in [1.54, 1.807) is 4.90 Å². The number of aliphatic hydroxyl groups excluding tert-OH is 1. The van der Waals surface area contributed by atoms with Crippen LogP contribution in [0.4, 0.5) is 0 Å². The first-order valence-electron chi connectivity index (χ1n) is 6.74. The molecule has 0 aromatic rings. The lowest BCUT2D eigenvalue weighted by atomic mass is 10.2. The Morgan fingerprint density at radius 1 is 1.44 bits per heavy atom. The first-order valence-corrected chi connectivity index (χ1v) is 6.74. The summed E-state index contributed by atoms with van der Waals surface area (Å²) >= 11 is 0. The Bertz CT molecular complexity index is 259. The number of carbonyl (C=O) groups excluding carboxylic acids is 1. The predicted octanol–water partition coefficient (Wildman–Crippen LogP) is 0.327. The fourth-order valence-corrected chi connectivity index (χ4v) is 2.34. The topological polar surface area (TPSA) is 53.0 Å². The normalized spacial score (nSPS) is 23.9. The molecule has 5 heteroatoms. The molecule has 1 rings (SSSR count). The number of ether oxygens (including phenoxy) is 1. The number of likely N-dealkylation sites (tertiary alicyclic amines) is 1. The number of rotatable bonds is 7. The third-order valence-electron chi connectivity index (χ3n) is 3.10. The van der Waals surface area contributed by atoms with E-state index in [-0.39, 0.29) is 18.1 Å². The highest BCUT2D eigenvalue weighted by Gasteiger charge is 2.33. The molecule has 1 aliphatic rings. The summed E-state index contributed by atoms with van der Waals surface area (Å²) in [6, 6.07) is 0.133. The van der Waals surface area contributed by atoms with Gasteiger partial charge >= 0.3 is 0 Å². The van der Waals surface area contributed by atoms with Crippen LogP contribution >= 0.6 is 0 Å². The number of hydrogen-bond acceptors (Lipinski definition) is 4. The highest BCUT2D eigenvalue weighted by Crippen LogP contribution is 2.19. The quantitative estimate of drug-likeness (QED) is 0.669. The zero-order valence-electron chi connectivity index (χ0n) is 11.8. The Balaban J connectivity index is 2.38. The van der Waals surface area contributed by atoms with Gasteiger partial charge in [-0.3, -0.25) is 4.79 Å². The fourth-order valence-electron chi connectivity index (χ4n) is 2.34. The van der Waals surface area contributed by atoms with Gasteiger partial charge in [0.25, 0.3) is 0 Å². The SMILES string of the molecule is CCCOCCC(=O)N1CC(O)CC1CN(C)C. The van der Waals surface area contributed by atoms with E-state index in [4.69, 9.17) is 4.74 Å². The Kier molecular flexibility index (Phi) is 6.60. The van der Waals surface area contributed by atoms with E-state index in [0.29, 0.717) is 32.6 Å². The zero-order chi connectivity index (χ0) is 13.5. The van der Waals surface area contributed by atoms with Crippen molar-refractivity contribution < 1.29 is 14.6 Å². The van der Waals surface area contributed by atoms with Crippen LogP contribution in [0.3, 0.4) is 0 Å². The number of carbonyl (C=O) groups is 1. The van der Waals surface area contributed by atoms with Gasteiger partial charge in [-0.1, -0.05) is 6.92 Å². The van der Waals surface area contributed by atoms with E-state index in [0.717, 1.165) is 13.0 Å². The summed E-state index contributed by atoms with van der Waals surface area (Å²) in [7, 11) is 3.97. The molecule has 1 amide bonds. The van der Waals surface area contributed by atoms with Crippen molar-refractivity contribution in [2.24, 2.45) is 0 Å². The molecule has 106 valence electrons. The zero-order valence-corrected chi connectivity index (χ0v) is 11.8. The van der Waals surface area contributed by atoms with Crippen molar-refractivity contribution in [3.63, 3.8) is 0 Å². The smallest absolute Gasteiger partial charge is 0.225 e. The number of hydrogen-bond donors (Lipinski definition) is 1. The summed E-state index contributed by atoms with van der Waals surface area (Å²) in [6.07, 6.45) is 1.69. The molecular formula is C13H26N2O3. The van der Waals surface area contributed by atoms with Crippen LogP contribution in [0.5, 0.6) is 0 Å². The van der Waals surface area contributed by atoms with Gasteiger partial charge in [-0.15, -0.1) is 0 Å². The van der Waals surface area contributed by atoms with Gasteiger partial charge in [-0.2, -0.15) is 0 Å². The van der Waals surface area contributed by atoms with Crippen molar-refractivity contribution in [2.45, 2.75) is 38.3 Å². The maximum absolute atomic E-state index is 12.1. The van der Waals surface area contributed by atoms with Gasteiger partial charge in [0.15, 0.2) is 0 Å². The van der Waals surface area contributed by atoms with E-state index < -0.39 is 0 Å². The first-order chi connectivity index (χ1) is 8.54. The molecule has 0 radical (unpaired) electrons. The highest BCUT2D eigenvalue weighted by molar-refractivity contribution is 5.77. The van der Waals surface area contributed by atoms with E-state index >= 15 is 0 Å². The Morgan fingerprint density at radius 3 is 2.78 bits per heavy atom. The molecule has 0 aromatic heterocycles. The summed E-state index contributed by atoms with van der Waals surface area (Å²) < 4.78 is 5.34. The van der Waals surface area contributed by atoms with Crippen LogP contribution in [-0.2, 0) is 9.53 Å². The van der Waals surface area contributed by atoms with Crippen LogP contribution in [0, 0.1) is 0 Å². The number of β-amino-alcohol motifs (C(OH)–C–C–N with tert-alkyl or cyclic N) is 1. The third kappa shape index (κ3) is 4.92. The van der Waals surface area contributed by atoms with Crippen molar-refractivity contribution >= 4 is 5.91 Å². The van der Waals surface area contributed by atoms with Crippen LogP contribution in [-0.4, -0.2) is 73.4 Å². The van der Waals surface area contributed by atoms with Crippen molar-refractivity contribution in [2.75, 3.05) is 40.4 Å². The summed E-state index contributed by atoms with van der Waals surface area (Å²) in [5.74, 6) is 0.0921. The van der Waals surface area contributed by atoms with Gasteiger partial charge in [-0.25, -0.2) is 0 Å². The molecule has 1 fully saturated rings. The number of likely N-dealkylation sites (N-methyl/N-ethyl adjacent to an activating group) is 1. The van der Waals surface area contributed by atoms with Gasteiger partial charge in [-0.05, 0) is 26.9 Å². The van der Waals surface area contributed by atoms with Crippen LogP contribution in [0.2, 0.25) is 0 Å². The average molecular weight is 258 g/mol. The van der Waals surface area contributed by atoms with Gasteiger partial charge in [0, 0.05) is 25.7 Å². The fraction of sp³-hybridized carbons (Fsp3) is 0.923. The molecule has 2 unspecified atom stereocenters. The Hall–Kier alpha value is -0.650. The molecule has 0 aromatic carbocycles. The standard InChI is InChI=1S/C13H26N2O3/c1-4-6-18-7-5-13(17)15-10-12(16)8-11(15)9-14(2)3/h11-12,16H,4-10H2,1-3H3. The second kappa shape index (κ2) is 7.71. The van der Waals surface area contributed by atoms with Crippen LogP contribution < -0.4 is 0 Å². The molecule has 0 saturated carbocycles. The second-order valence-electron chi connectivity index (χ2n) is 5.21. The van der Waals surface area contributed by atoms with E-state index in [9.17, 15) is 9.90 Å². The minimum atomic E-state index is -0.379. The van der Waals surface area contributed by atoms with E-state index in [2.05, 4.69) is 4.90 Å². The summed E-state index contributed by atoms with van der Waals surface area (Å²) in [4.78, 5) is 15.9. The monoisotopic (exact) mass is 258 g/mol. The van der Waals surface area contributed by atoms with Gasteiger partial charge in [0.1, 0.15) is 0 Å². The molecule has 1 heterocycles. The van der Waals surface area contributed by atoms with Crippen molar-refractivity contribution in [1.29, 1.82) is 0 Å². The minimum Gasteiger partial charge on any atom is -0.391 e. The first kappa shape index (κ1) is 15.4. The molecule has 0 bridgehead atoms. The Morgan fingerprint density at radius 2 is 2.17 bits per heavy atom. The van der Waals surface area contributed by atoms with E-state index in [1.807, 2.05) is 21.0 Å². The molecular weight excluding hydrogens is 232 g/mol. The maximum atomic E-state index is 12.1. The molecule has 0 spiro atoms. The average Bonchev–Trinajstić information content (AvgIpc) is 2.64. The van der Waals surface area contributed by atoms with Crippen LogP contribution in [0.15, 0.2) is 0 Å². The summed E-state index contributed by atoms with van der Waals surface area (Å²) in [5, 5.41) is 9.70. The van der Waals surface area contributed by atoms with Gasteiger partial charge < -0.3 is 19.6 Å². The lowest BCUT2D eigenvalue weighted by Crippen LogP contribution is -2.41. The molecule has 1 saturated heterocycles. The lowest BCUT2D eigenvalue weighted by Gasteiger charge is -2.26. The van der Waals surface area contributed by atoms with E-state index in [1.165, 1.54) is 0 Å². The number of aliphatic hydroxyl groups is 1. The predicted molar refractivity (Wildman–Crippen MR) is 70.4 cm³/mol. The van der Waals surface area contributed by atoms with Gasteiger partial charge in [0.05, 0.1) is 19.1 Å². The molecule has 5 nitrogen and oxygen atoms in total. The molecule has 0 aliphatic carbocycles. The highest BCUT2D eigenvalue weighted by atomic mass is 16.5. The molecule has 1 aliphatic heterocycles. The third-order valence-corrected chi connectivity index (χ3v) is 3.10. The molecule has 2 atom stereocenters. The second-order valence-corrected chi connectivity index (χ2v) is 5.21. The number of amides is 1. The minimum absolute atomic E-state index is 0.0921. The lowest BCUT2D eigenvalue weighted by molar-refractivity contribution is -0.133. The van der Waals surface area contributed by atoms with Gasteiger partial charge in [0.2, 0.25) is 5.91 Å². The summed E-state index contributed by atoms with van der Waals surface area (Å²) in [6.45, 7) is 4.50. The van der Waals surface area contributed by atoms with Crippen molar-refractivity contribution in [1.82, 2.24) is 9.80 Å². The van der Waals surface area contributed by atoms with Crippen LogP contribution in [0.1, 0.15) is 26.2 Å². The number of nitrogens with zero attached hydrogens (tertiary/aromatic N) is 2.